The van der Waals surface area contributed by atoms with Crippen LogP contribution in [0.5, 0.6) is 5.75 Å². The van der Waals surface area contributed by atoms with E-state index in [1.165, 1.54) is 12.3 Å². The molecular formula is C26H23ClF3N5O5. The highest BCUT2D eigenvalue weighted by molar-refractivity contribution is 6.31. The minimum Gasteiger partial charge on any atom is -0.481 e. The van der Waals surface area contributed by atoms with Gasteiger partial charge in [0.1, 0.15) is 5.75 Å². The fraction of sp³-hybridized carbons (Fsp3) is 0.154. The average molecular weight is 578 g/mol. The summed E-state index contributed by atoms with van der Waals surface area (Å²) in [6.45, 7) is -0.949. The van der Waals surface area contributed by atoms with Crippen LogP contribution in [0.2, 0.25) is 5.02 Å². The molecule has 3 rings (SSSR count). The molecule has 3 aromatic rings. The van der Waals surface area contributed by atoms with Gasteiger partial charge in [-0.05, 0) is 35.9 Å². The molecule has 0 radical (unpaired) electrons. The van der Waals surface area contributed by atoms with Gasteiger partial charge in [-0.2, -0.15) is 18.3 Å². The number of anilines is 2. The van der Waals surface area contributed by atoms with E-state index >= 15 is 0 Å². The normalized spacial score (nSPS) is 11.2. The van der Waals surface area contributed by atoms with Crippen molar-refractivity contribution < 1.29 is 37.0 Å². The first-order chi connectivity index (χ1) is 19.0. The van der Waals surface area contributed by atoms with Crippen molar-refractivity contribution in [2.24, 2.45) is 16.7 Å². The zero-order chi connectivity index (χ0) is 29.3. The summed E-state index contributed by atoms with van der Waals surface area (Å²) in [4.78, 5) is 35.7. The molecule has 40 heavy (non-hydrogen) atoms. The summed E-state index contributed by atoms with van der Waals surface area (Å²) in [7, 11) is 0. The first-order valence-corrected chi connectivity index (χ1v) is 11.8. The first-order valence-electron chi connectivity index (χ1n) is 11.5. The molecule has 10 nitrogen and oxygen atoms in total. The molecule has 0 saturated carbocycles. The van der Waals surface area contributed by atoms with Gasteiger partial charge in [0.2, 0.25) is 0 Å². The number of rotatable bonds is 10. The second-order valence-electron chi connectivity index (χ2n) is 8.06. The number of para-hydroxylation sites is 1. The Hall–Kier alpha value is -4.62. The van der Waals surface area contributed by atoms with Crippen molar-refractivity contribution in [3.05, 3.63) is 87.9 Å². The van der Waals surface area contributed by atoms with Gasteiger partial charge in [0.15, 0.2) is 6.61 Å². The number of nitrogens with one attached hydrogen (secondary N) is 2. The van der Waals surface area contributed by atoms with Gasteiger partial charge < -0.3 is 31.7 Å². The number of halogens is 4. The number of ether oxygens (including phenoxy) is 2. The number of hydrazone groups is 1. The SMILES string of the molecule is NCc1cccc(CNc2ccc(Cl)cc2C(=O)Nc2ccc(/C=N/N)cc2)c1OCC(=O)OC(=O)C(F)(F)F. The number of nitrogens with two attached hydrogens (primary N) is 2. The van der Waals surface area contributed by atoms with Crippen molar-refractivity contribution in [2.45, 2.75) is 19.3 Å². The number of hydrogen-bond acceptors (Lipinski definition) is 9. The third-order valence-electron chi connectivity index (χ3n) is 5.26. The van der Waals surface area contributed by atoms with Gasteiger partial charge in [0.05, 0.1) is 11.8 Å². The topological polar surface area (TPSA) is 158 Å². The Morgan fingerprint density at radius 3 is 2.38 bits per heavy atom. The number of hydrogen-bond donors (Lipinski definition) is 4. The second-order valence-corrected chi connectivity index (χ2v) is 8.49. The summed E-state index contributed by atoms with van der Waals surface area (Å²) < 4.78 is 46.2. The monoisotopic (exact) mass is 577 g/mol. The third kappa shape index (κ3) is 8.19. The molecule has 0 heterocycles. The van der Waals surface area contributed by atoms with Gasteiger partial charge in [-0.25, -0.2) is 9.59 Å². The van der Waals surface area contributed by atoms with Crippen molar-refractivity contribution >= 4 is 47.0 Å². The summed E-state index contributed by atoms with van der Waals surface area (Å²) in [6, 6.07) is 16.3. The van der Waals surface area contributed by atoms with Crippen molar-refractivity contribution in [2.75, 3.05) is 17.2 Å². The number of amides is 1. The van der Waals surface area contributed by atoms with Crippen LogP contribution in [-0.4, -0.2) is 36.8 Å². The van der Waals surface area contributed by atoms with E-state index < -0.39 is 30.6 Å². The smallest absolute Gasteiger partial charge is 0.481 e. The lowest BCUT2D eigenvalue weighted by atomic mass is 10.1. The summed E-state index contributed by atoms with van der Waals surface area (Å²) in [5.41, 5.74) is 8.50. The zero-order valence-electron chi connectivity index (χ0n) is 20.6. The van der Waals surface area contributed by atoms with Gasteiger partial charge in [-0.1, -0.05) is 41.9 Å². The Balaban J connectivity index is 1.76. The highest BCUT2D eigenvalue weighted by atomic mass is 35.5. The Morgan fingerprint density at radius 1 is 1.02 bits per heavy atom. The van der Waals surface area contributed by atoms with E-state index in [2.05, 4.69) is 20.5 Å². The molecule has 6 N–H and O–H groups in total. The summed E-state index contributed by atoms with van der Waals surface area (Å²) in [6.07, 6.45) is -3.88. The fourth-order valence-corrected chi connectivity index (χ4v) is 3.60. The van der Waals surface area contributed by atoms with Crippen molar-refractivity contribution in [1.82, 2.24) is 0 Å². The molecule has 0 aromatic heterocycles. The third-order valence-corrected chi connectivity index (χ3v) is 5.49. The van der Waals surface area contributed by atoms with Crippen LogP contribution in [0.3, 0.4) is 0 Å². The summed E-state index contributed by atoms with van der Waals surface area (Å²) in [5.74, 6) is 0.599. The number of esters is 2. The van der Waals surface area contributed by atoms with Gasteiger partial charge >= 0.3 is 18.1 Å². The lowest BCUT2D eigenvalue weighted by Crippen LogP contribution is -2.30. The molecule has 210 valence electrons. The van der Waals surface area contributed by atoms with Gasteiger partial charge in [-0.3, -0.25) is 4.79 Å². The molecule has 0 bridgehead atoms. The van der Waals surface area contributed by atoms with Gasteiger partial charge in [-0.15, -0.1) is 0 Å². The highest BCUT2D eigenvalue weighted by Crippen LogP contribution is 2.28. The molecule has 0 saturated heterocycles. The van der Waals surface area contributed by atoms with E-state index in [9.17, 15) is 27.6 Å². The molecule has 3 aromatic carbocycles. The number of carbonyl (C=O) groups excluding carboxylic acids is 3. The predicted octanol–water partition coefficient (Wildman–Crippen LogP) is 3.97. The molecule has 1 amide bonds. The number of alkyl halides is 3. The predicted molar refractivity (Wildman–Crippen MR) is 142 cm³/mol. The lowest BCUT2D eigenvalue weighted by molar-refractivity contribution is -0.202. The molecule has 0 spiro atoms. The van der Waals surface area contributed by atoms with E-state index in [4.69, 9.17) is 27.9 Å². The van der Waals surface area contributed by atoms with Crippen LogP contribution < -0.4 is 26.9 Å². The molecule has 0 fully saturated rings. The van der Waals surface area contributed by atoms with E-state index in [1.807, 2.05) is 0 Å². The Kier molecular flexibility index (Phi) is 10.1. The van der Waals surface area contributed by atoms with Crippen molar-refractivity contribution in [3.8, 4) is 5.75 Å². The minimum absolute atomic E-state index is 0.0236. The Bertz CT molecular complexity index is 1410. The maximum Gasteiger partial charge on any atom is 0.491 e. The van der Waals surface area contributed by atoms with E-state index in [1.54, 1.807) is 54.6 Å². The standard InChI is InChI=1S/C26H23ClF3N5O5/c27-18-6-9-21(20(10-18)24(37)35-19-7-4-15(5-8-19)12-34-32)33-13-17-3-1-2-16(11-31)23(17)39-14-22(36)40-25(38)26(28,29)30/h1-10,12,33H,11,13-14,31-32H2,(H,35,37)/b34-12+. The lowest BCUT2D eigenvalue weighted by Gasteiger charge is -2.17. The Morgan fingerprint density at radius 2 is 1.73 bits per heavy atom. The molecule has 0 unspecified atom stereocenters. The van der Waals surface area contributed by atoms with Crippen LogP contribution in [0.15, 0.2) is 65.8 Å². The van der Waals surface area contributed by atoms with Crippen LogP contribution in [0.4, 0.5) is 24.5 Å². The second kappa shape index (κ2) is 13.4. The van der Waals surface area contributed by atoms with Crippen LogP contribution >= 0.6 is 11.6 Å². The number of benzene rings is 3. The maximum absolute atomic E-state index is 13.1. The fourth-order valence-electron chi connectivity index (χ4n) is 3.43. The molecule has 0 aliphatic heterocycles. The maximum atomic E-state index is 13.1. The molecule has 0 atom stereocenters. The minimum atomic E-state index is -5.33. The highest BCUT2D eigenvalue weighted by Gasteiger charge is 2.42. The molecule has 14 heteroatoms. The quantitative estimate of drug-likeness (QED) is 0.0926. The van der Waals surface area contributed by atoms with Crippen molar-refractivity contribution in [1.29, 1.82) is 0 Å². The van der Waals surface area contributed by atoms with Gasteiger partial charge in [0, 0.05) is 40.6 Å². The first kappa shape index (κ1) is 29.9. The van der Waals surface area contributed by atoms with Crippen LogP contribution in [-0.2, 0) is 27.4 Å². The average Bonchev–Trinajstić information content (AvgIpc) is 2.91. The van der Waals surface area contributed by atoms with Crippen LogP contribution in [0.1, 0.15) is 27.0 Å². The number of nitrogens with zero attached hydrogens (tertiary/aromatic N) is 1. The van der Waals surface area contributed by atoms with Crippen LogP contribution in [0.25, 0.3) is 0 Å². The summed E-state index contributed by atoms with van der Waals surface area (Å²) in [5, 5.41) is 9.61. The molecule has 0 aliphatic carbocycles. The zero-order valence-corrected chi connectivity index (χ0v) is 21.4. The number of carbonyl (C=O) groups is 3. The van der Waals surface area contributed by atoms with Gasteiger partial charge in [0.25, 0.3) is 5.91 Å². The van der Waals surface area contributed by atoms with E-state index in [0.29, 0.717) is 27.5 Å². The van der Waals surface area contributed by atoms with E-state index in [0.717, 1.165) is 5.56 Å². The molecular weight excluding hydrogens is 555 g/mol. The van der Waals surface area contributed by atoms with Crippen molar-refractivity contribution in [3.63, 3.8) is 0 Å². The Labute approximate surface area is 231 Å². The van der Waals surface area contributed by atoms with E-state index in [-0.39, 0.29) is 24.4 Å². The largest absolute Gasteiger partial charge is 0.491 e. The molecule has 0 aliphatic rings. The summed E-state index contributed by atoms with van der Waals surface area (Å²) >= 11 is 6.13. The van der Waals surface area contributed by atoms with Crippen LogP contribution in [0, 0.1) is 0 Å².